The number of hydrogen-bond acceptors (Lipinski definition) is 3. The molecule has 1 amide bonds. The SMILES string of the molecule is Cc1oc(C(=O)NCCc2ccco2)cc1CCl. The third-order valence-electron chi connectivity index (χ3n) is 2.63. The summed E-state index contributed by atoms with van der Waals surface area (Å²) in [7, 11) is 0. The zero-order valence-electron chi connectivity index (χ0n) is 10.0. The Morgan fingerprint density at radius 1 is 1.50 bits per heavy atom. The van der Waals surface area contributed by atoms with Crippen LogP contribution >= 0.6 is 11.6 Å². The molecule has 2 heterocycles. The Labute approximate surface area is 110 Å². The predicted molar refractivity (Wildman–Crippen MR) is 67.7 cm³/mol. The van der Waals surface area contributed by atoms with Gasteiger partial charge in [0.1, 0.15) is 11.5 Å². The largest absolute Gasteiger partial charge is 0.469 e. The van der Waals surface area contributed by atoms with E-state index in [0.717, 1.165) is 11.3 Å². The fourth-order valence-electron chi connectivity index (χ4n) is 1.61. The Hall–Kier alpha value is -1.68. The number of rotatable bonds is 5. The highest BCUT2D eigenvalue weighted by molar-refractivity contribution is 6.17. The topological polar surface area (TPSA) is 55.4 Å². The minimum Gasteiger partial charge on any atom is -0.469 e. The van der Waals surface area contributed by atoms with Crippen molar-refractivity contribution in [3.63, 3.8) is 0 Å². The Bertz CT molecular complexity index is 516. The molecule has 0 aliphatic heterocycles. The number of alkyl halides is 1. The maximum atomic E-state index is 11.8. The van der Waals surface area contributed by atoms with Gasteiger partial charge < -0.3 is 14.2 Å². The summed E-state index contributed by atoms with van der Waals surface area (Å²) in [5.74, 6) is 1.92. The maximum Gasteiger partial charge on any atom is 0.287 e. The van der Waals surface area contributed by atoms with Crippen LogP contribution in [0, 0.1) is 6.92 Å². The molecule has 1 N–H and O–H groups in total. The van der Waals surface area contributed by atoms with Crippen LogP contribution < -0.4 is 5.32 Å². The lowest BCUT2D eigenvalue weighted by molar-refractivity contribution is 0.0924. The summed E-state index contributed by atoms with van der Waals surface area (Å²) < 4.78 is 10.5. The molecule has 0 aliphatic rings. The maximum absolute atomic E-state index is 11.8. The van der Waals surface area contributed by atoms with Gasteiger partial charge >= 0.3 is 0 Å². The summed E-state index contributed by atoms with van der Waals surface area (Å²) in [6.07, 6.45) is 2.26. The van der Waals surface area contributed by atoms with Gasteiger partial charge in [0.05, 0.1) is 12.1 Å². The fraction of sp³-hybridized carbons (Fsp3) is 0.308. The van der Waals surface area contributed by atoms with Crippen LogP contribution in [0.5, 0.6) is 0 Å². The highest BCUT2D eigenvalue weighted by atomic mass is 35.5. The molecule has 18 heavy (non-hydrogen) atoms. The van der Waals surface area contributed by atoms with E-state index in [1.54, 1.807) is 19.3 Å². The van der Waals surface area contributed by atoms with E-state index >= 15 is 0 Å². The van der Waals surface area contributed by atoms with Crippen LogP contribution in [0.25, 0.3) is 0 Å². The van der Waals surface area contributed by atoms with Crippen molar-refractivity contribution >= 4 is 17.5 Å². The van der Waals surface area contributed by atoms with Crippen molar-refractivity contribution in [1.82, 2.24) is 5.32 Å². The minimum absolute atomic E-state index is 0.235. The second kappa shape index (κ2) is 5.78. The van der Waals surface area contributed by atoms with Gasteiger partial charge in [0.25, 0.3) is 5.91 Å². The number of aryl methyl sites for hydroxylation is 1. The lowest BCUT2D eigenvalue weighted by Gasteiger charge is -2.00. The first-order chi connectivity index (χ1) is 8.70. The molecule has 0 saturated heterocycles. The molecule has 96 valence electrons. The average Bonchev–Trinajstić information content (AvgIpc) is 2.98. The van der Waals surface area contributed by atoms with Gasteiger partial charge in [0.15, 0.2) is 5.76 Å². The molecule has 0 unspecified atom stereocenters. The molecule has 0 radical (unpaired) electrons. The first-order valence-electron chi connectivity index (χ1n) is 5.66. The van der Waals surface area contributed by atoms with Crippen molar-refractivity contribution < 1.29 is 13.6 Å². The standard InChI is InChI=1S/C13H14ClNO3/c1-9-10(8-14)7-12(18-9)13(16)15-5-4-11-3-2-6-17-11/h2-3,6-7H,4-5,8H2,1H3,(H,15,16). The number of carbonyl (C=O) groups excluding carboxylic acids is 1. The van der Waals surface area contributed by atoms with Crippen LogP contribution in [-0.2, 0) is 12.3 Å². The van der Waals surface area contributed by atoms with Gasteiger partial charge in [-0.3, -0.25) is 4.79 Å². The molecular weight excluding hydrogens is 254 g/mol. The summed E-state index contributed by atoms with van der Waals surface area (Å²) in [4.78, 5) is 11.8. The summed E-state index contributed by atoms with van der Waals surface area (Å²) in [5, 5.41) is 2.77. The van der Waals surface area contributed by atoms with Crippen molar-refractivity contribution in [2.45, 2.75) is 19.2 Å². The number of carbonyl (C=O) groups is 1. The second-order valence-electron chi connectivity index (χ2n) is 3.91. The normalized spacial score (nSPS) is 10.6. The van der Waals surface area contributed by atoms with E-state index in [9.17, 15) is 4.79 Å². The summed E-state index contributed by atoms with van der Waals surface area (Å²) in [6.45, 7) is 2.29. The van der Waals surface area contributed by atoms with Gasteiger partial charge in [-0.05, 0) is 25.1 Å². The Kier molecular flexibility index (Phi) is 4.10. The molecule has 2 rings (SSSR count). The first-order valence-corrected chi connectivity index (χ1v) is 6.20. The highest BCUT2D eigenvalue weighted by Crippen LogP contribution is 2.16. The van der Waals surface area contributed by atoms with Gasteiger partial charge in [-0.2, -0.15) is 0 Å². The molecule has 4 nitrogen and oxygen atoms in total. The molecule has 0 fully saturated rings. The summed E-state index contributed by atoms with van der Waals surface area (Å²) >= 11 is 5.72. The van der Waals surface area contributed by atoms with Crippen LogP contribution in [-0.4, -0.2) is 12.5 Å². The number of halogens is 1. The smallest absolute Gasteiger partial charge is 0.287 e. The summed E-state index contributed by atoms with van der Waals surface area (Å²) in [6, 6.07) is 5.36. The molecule has 5 heteroatoms. The Morgan fingerprint density at radius 3 is 2.94 bits per heavy atom. The molecule has 0 spiro atoms. The van der Waals surface area contributed by atoms with Crippen molar-refractivity contribution in [2.24, 2.45) is 0 Å². The third kappa shape index (κ3) is 2.96. The lowest BCUT2D eigenvalue weighted by Crippen LogP contribution is -2.25. The van der Waals surface area contributed by atoms with Crippen molar-refractivity contribution in [1.29, 1.82) is 0 Å². The Morgan fingerprint density at radius 2 is 2.33 bits per heavy atom. The molecule has 0 atom stereocenters. The fourth-order valence-corrected chi connectivity index (χ4v) is 1.87. The number of nitrogens with one attached hydrogen (secondary N) is 1. The Balaban J connectivity index is 1.87. The minimum atomic E-state index is -0.235. The molecule has 2 aromatic rings. The zero-order chi connectivity index (χ0) is 13.0. The second-order valence-corrected chi connectivity index (χ2v) is 4.18. The molecular formula is C13H14ClNO3. The molecule has 0 aliphatic carbocycles. The van der Waals surface area contributed by atoms with Gasteiger partial charge in [0.2, 0.25) is 0 Å². The van der Waals surface area contributed by atoms with Gasteiger partial charge in [-0.1, -0.05) is 0 Å². The van der Waals surface area contributed by atoms with Gasteiger partial charge in [0, 0.05) is 18.5 Å². The van der Waals surface area contributed by atoms with E-state index in [1.807, 2.05) is 12.1 Å². The number of furan rings is 2. The average molecular weight is 268 g/mol. The van der Waals surface area contributed by atoms with Crippen LogP contribution in [0.2, 0.25) is 0 Å². The van der Waals surface area contributed by atoms with Gasteiger partial charge in [-0.15, -0.1) is 11.6 Å². The molecule has 0 bridgehead atoms. The zero-order valence-corrected chi connectivity index (χ0v) is 10.8. The molecule has 0 saturated carbocycles. The van der Waals surface area contributed by atoms with Crippen molar-refractivity contribution in [3.8, 4) is 0 Å². The molecule has 0 aromatic carbocycles. The van der Waals surface area contributed by atoms with E-state index in [2.05, 4.69) is 5.32 Å². The van der Waals surface area contributed by atoms with Crippen LogP contribution in [0.1, 0.15) is 27.6 Å². The van der Waals surface area contributed by atoms with Crippen molar-refractivity contribution in [2.75, 3.05) is 6.54 Å². The lowest BCUT2D eigenvalue weighted by atomic mass is 10.2. The van der Waals surface area contributed by atoms with E-state index < -0.39 is 0 Å². The first kappa shape index (κ1) is 12.8. The van der Waals surface area contributed by atoms with E-state index in [4.69, 9.17) is 20.4 Å². The quantitative estimate of drug-likeness (QED) is 0.848. The van der Waals surface area contributed by atoms with E-state index in [0.29, 0.717) is 30.4 Å². The monoisotopic (exact) mass is 267 g/mol. The number of hydrogen-bond donors (Lipinski definition) is 1. The van der Waals surface area contributed by atoms with Crippen LogP contribution in [0.3, 0.4) is 0 Å². The van der Waals surface area contributed by atoms with E-state index in [-0.39, 0.29) is 5.91 Å². The number of amides is 1. The van der Waals surface area contributed by atoms with Gasteiger partial charge in [-0.25, -0.2) is 0 Å². The highest BCUT2D eigenvalue weighted by Gasteiger charge is 2.13. The summed E-state index contributed by atoms with van der Waals surface area (Å²) in [5.41, 5.74) is 0.841. The molecule has 2 aromatic heterocycles. The third-order valence-corrected chi connectivity index (χ3v) is 2.91. The van der Waals surface area contributed by atoms with Crippen LogP contribution in [0.15, 0.2) is 33.3 Å². The van der Waals surface area contributed by atoms with E-state index in [1.165, 1.54) is 0 Å². The predicted octanol–water partition coefficient (Wildman–Crippen LogP) is 2.89. The van der Waals surface area contributed by atoms with Crippen molar-refractivity contribution in [3.05, 3.63) is 47.3 Å². The van der Waals surface area contributed by atoms with Crippen LogP contribution in [0.4, 0.5) is 0 Å².